The number of nitrogens with zero attached hydrogens (tertiary/aromatic N) is 2. The Morgan fingerprint density at radius 3 is 2.92 bits per heavy atom. The quantitative estimate of drug-likeness (QED) is 0.701. The van der Waals surface area contributed by atoms with Gasteiger partial charge in [-0.1, -0.05) is 23.3 Å². The van der Waals surface area contributed by atoms with Gasteiger partial charge in [-0.25, -0.2) is 4.98 Å². The van der Waals surface area contributed by atoms with Gasteiger partial charge in [-0.15, -0.1) is 0 Å². The highest BCUT2D eigenvalue weighted by Gasteiger charge is 2.11. The van der Waals surface area contributed by atoms with Crippen molar-refractivity contribution < 1.29 is 4.74 Å². The summed E-state index contributed by atoms with van der Waals surface area (Å²) in [5.41, 5.74) is 9.02. The Balaban J connectivity index is 1.64. The molecule has 1 aliphatic carbocycles. The Bertz CT molecular complexity index is 776. The van der Waals surface area contributed by atoms with Gasteiger partial charge in [0.05, 0.1) is 0 Å². The van der Waals surface area contributed by atoms with Crippen LogP contribution in [0, 0.1) is 6.92 Å². The normalized spacial score (nSPS) is 14.1. The van der Waals surface area contributed by atoms with E-state index < -0.39 is 0 Å². The fourth-order valence-electron chi connectivity index (χ4n) is 2.87. The van der Waals surface area contributed by atoms with Crippen LogP contribution < -0.4 is 15.8 Å². The molecule has 5 nitrogen and oxygen atoms in total. The Labute approximate surface area is 153 Å². The predicted octanol–water partition coefficient (Wildman–Crippen LogP) is 5.12. The molecule has 0 bridgehead atoms. The standard InChI is InChI=1S/C19H23ClN4O/c1-13-11-15(7-8-16(13)20)25-19-17(21)18(23-12-24-19)22-10-9-14-5-3-2-4-6-14/h5,7-8,11-12H,2-4,6,9-10,21H2,1H3,(H,22,23,24). The van der Waals surface area contributed by atoms with Crippen molar-refractivity contribution in [2.24, 2.45) is 0 Å². The SMILES string of the molecule is Cc1cc(Oc2ncnc(NCCC3=CCCCC3)c2N)ccc1Cl. The molecule has 25 heavy (non-hydrogen) atoms. The molecule has 132 valence electrons. The van der Waals surface area contributed by atoms with Crippen LogP contribution in [0.2, 0.25) is 5.02 Å². The van der Waals surface area contributed by atoms with E-state index in [1.54, 1.807) is 12.1 Å². The second-order valence-corrected chi connectivity index (χ2v) is 6.65. The number of halogens is 1. The Kier molecular flexibility index (Phi) is 5.76. The van der Waals surface area contributed by atoms with Crippen LogP contribution in [0.4, 0.5) is 11.5 Å². The Hall–Kier alpha value is -2.27. The maximum Gasteiger partial charge on any atom is 0.248 e. The van der Waals surface area contributed by atoms with Crippen molar-refractivity contribution in [2.45, 2.75) is 39.0 Å². The fraction of sp³-hybridized carbons (Fsp3) is 0.368. The monoisotopic (exact) mass is 358 g/mol. The Morgan fingerprint density at radius 1 is 1.28 bits per heavy atom. The van der Waals surface area contributed by atoms with Crippen molar-refractivity contribution in [1.29, 1.82) is 0 Å². The van der Waals surface area contributed by atoms with E-state index in [0.717, 1.165) is 18.5 Å². The lowest BCUT2D eigenvalue weighted by molar-refractivity contribution is 0.464. The third-order valence-electron chi connectivity index (χ3n) is 4.31. The molecule has 0 saturated heterocycles. The summed E-state index contributed by atoms with van der Waals surface area (Å²) in [5.74, 6) is 1.59. The lowest BCUT2D eigenvalue weighted by Gasteiger charge is -2.14. The number of hydrogen-bond donors (Lipinski definition) is 2. The predicted molar refractivity (Wildman–Crippen MR) is 102 cm³/mol. The first-order valence-corrected chi connectivity index (χ1v) is 8.97. The number of nitrogen functional groups attached to an aromatic ring is 1. The smallest absolute Gasteiger partial charge is 0.248 e. The molecule has 6 heteroatoms. The number of ether oxygens (including phenoxy) is 1. The molecule has 1 aliphatic rings. The molecule has 0 radical (unpaired) electrons. The summed E-state index contributed by atoms with van der Waals surface area (Å²) in [5, 5.41) is 3.99. The molecule has 0 aliphatic heterocycles. The minimum Gasteiger partial charge on any atom is -0.437 e. The minimum absolute atomic E-state index is 0.344. The van der Waals surface area contributed by atoms with Crippen molar-refractivity contribution in [3.05, 3.63) is 46.8 Å². The van der Waals surface area contributed by atoms with E-state index in [2.05, 4.69) is 21.4 Å². The number of anilines is 2. The number of nitrogens with two attached hydrogens (primary N) is 1. The number of aromatic nitrogens is 2. The molecule has 0 spiro atoms. The summed E-state index contributed by atoms with van der Waals surface area (Å²) in [6.45, 7) is 2.72. The van der Waals surface area contributed by atoms with Gasteiger partial charge in [-0.05, 0) is 62.8 Å². The van der Waals surface area contributed by atoms with E-state index in [9.17, 15) is 0 Å². The van der Waals surface area contributed by atoms with Crippen molar-refractivity contribution in [2.75, 3.05) is 17.6 Å². The van der Waals surface area contributed by atoms with Gasteiger partial charge < -0.3 is 15.8 Å². The molecule has 3 rings (SSSR count). The van der Waals surface area contributed by atoms with E-state index in [0.29, 0.717) is 28.2 Å². The minimum atomic E-state index is 0.344. The van der Waals surface area contributed by atoms with Crippen LogP contribution in [0.3, 0.4) is 0 Å². The van der Waals surface area contributed by atoms with Gasteiger partial charge in [0.15, 0.2) is 5.82 Å². The molecule has 2 aromatic rings. The molecule has 0 fully saturated rings. The lowest BCUT2D eigenvalue weighted by Crippen LogP contribution is -2.09. The van der Waals surface area contributed by atoms with Crippen LogP contribution in [0.1, 0.15) is 37.7 Å². The van der Waals surface area contributed by atoms with Gasteiger partial charge in [0.1, 0.15) is 17.8 Å². The number of rotatable bonds is 6. The first-order valence-electron chi connectivity index (χ1n) is 8.60. The fourth-order valence-corrected chi connectivity index (χ4v) is 2.98. The first kappa shape index (κ1) is 17.5. The van der Waals surface area contributed by atoms with Gasteiger partial charge in [-0.2, -0.15) is 4.98 Å². The molecular formula is C19H23ClN4O. The summed E-state index contributed by atoms with van der Waals surface area (Å²) in [6.07, 6.45) is 9.81. The number of hydrogen-bond acceptors (Lipinski definition) is 5. The zero-order valence-electron chi connectivity index (χ0n) is 14.4. The summed E-state index contributed by atoms with van der Waals surface area (Å²) >= 11 is 6.04. The molecule has 1 aromatic carbocycles. The maximum absolute atomic E-state index is 6.17. The molecular weight excluding hydrogens is 336 g/mol. The number of aryl methyl sites for hydroxylation is 1. The third kappa shape index (κ3) is 4.63. The summed E-state index contributed by atoms with van der Waals surface area (Å²) in [7, 11) is 0. The average Bonchev–Trinajstić information content (AvgIpc) is 2.62. The van der Waals surface area contributed by atoms with Gasteiger partial charge in [0.25, 0.3) is 0 Å². The largest absolute Gasteiger partial charge is 0.437 e. The van der Waals surface area contributed by atoms with Gasteiger partial charge in [-0.3, -0.25) is 0 Å². The molecule has 3 N–H and O–H groups in total. The molecule has 0 amide bonds. The summed E-state index contributed by atoms with van der Waals surface area (Å²) in [6, 6.07) is 5.44. The second-order valence-electron chi connectivity index (χ2n) is 6.24. The zero-order chi connectivity index (χ0) is 17.6. The van der Waals surface area contributed by atoms with Crippen LogP contribution >= 0.6 is 11.6 Å². The third-order valence-corrected chi connectivity index (χ3v) is 4.74. The number of allylic oxidation sites excluding steroid dienone is 1. The van der Waals surface area contributed by atoms with E-state index in [-0.39, 0.29) is 0 Å². The van der Waals surface area contributed by atoms with Crippen molar-refractivity contribution in [3.8, 4) is 11.6 Å². The van der Waals surface area contributed by atoms with E-state index in [1.165, 1.54) is 37.6 Å². The van der Waals surface area contributed by atoms with Crippen LogP contribution in [-0.4, -0.2) is 16.5 Å². The van der Waals surface area contributed by atoms with Crippen molar-refractivity contribution in [1.82, 2.24) is 9.97 Å². The average molecular weight is 359 g/mol. The summed E-state index contributed by atoms with van der Waals surface area (Å²) in [4.78, 5) is 8.37. The first-order chi connectivity index (χ1) is 12.1. The second kappa shape index (κ2) is 8.21. The molecule has 1 heterocycles. The topological polar surface area (TPSA) is 73.1 Å². The van der Waals surface area contributed by atoms with E-state index in [4.69, 9.17) is 22.1 Å². The van der Waals surface area contributed by atoms with Gasteiger partial charge in [0, 0.05) is 11.6 Å². The van der Waals surface area contributed by atoms with Crippen molar-refractivity contribution in [3.63, 3.8) is 0 Å². The van der Waals surface area contributed by atoms with Gasteiger partial charge in [0.2, 0.25) is 5.88 Å². The molecule has 0 saturated carbocycles. The highest BCUT2D eigenvalue weighted by molar-refractivity contribution is 6.31. The van der Waals surface area contributed by atoms with Crippen LogP contribution in [0.25, 0.3) is 0 Å². The maximum atomic E-state index is 6.17. The Morgan fingerprint density at radius 2 is 2.16 bits per heavy atom. The molecule has 0 unspecified atom stereocenters. The number of nitrogens with one attached hydrogen (secondary N) is 1. The van der Waals surface area contributed by atoms with E-state index in [1.807, 2.05) is 13.0 Å². The van der Waals surface area contributed by atoms with Crippen LogP contribution in [0.15, 0.2) is 36.2 Å². The summed E-state index contributed by atoms with van der Waals surface area (Å²) < 4.78 is 5.80. The van der Waals surface area contributed by atoms with Gasteiger partial charge >= 0.3 is 0 Å². The highest BCUT2D eigenvalue weighted by Crippen LogP contribution is 2.31. The van der Waals surface area contributed by atoms with Crippen LogP contribution in [0.5, 0.6) is 11.6 Å². The number of benzene rings is 1. The van der Waals surface area contributed by atoms with E-state index >= 15 is 0 Å². The van der Waals surface area contributed by atoms with Crippen molar-refractivity contribution >= 4 is 23.1 Å². The van der Waals surface area contributed by atoms with Crippen LogP contribution in [-0.2, 0) is 0 Å². The lowest BCUT2D eigenvalue weighted by atomic mass is 9.97. The zero-order valence-corrected chi connectivity index (χ0v) is 15.1. The molecule has 1 aromatic heterocycles. The highest BCUT2D eigenvalue weighted by atomic mass is 35.5. The molecule has 0 atom stereocenters.